The number of sulfonamides is 1. The molecule has 1 heterocycles. The number of halogens is 1. The van der Waals surface area contributed by atoms with Crippen LogP contribution in [-0.4, -0.2) is 15.5 Å². The molecular weight excluding hydrogens is 299 g/mol. The molecule has 0 aliphatic heterocycles. The van der Waals surface area contributed by atoms with Crippen molar-refractivity contribution in [3.8, 4) is 0 Å². The van der Waals surface area contributed by atoms with Crippen LogP contribution in [0.2, 0.25) is 0 Å². The van der Waals surface area contributed by atoms with Crippen LogP contribution in [-0.2, 0) is 16.6 Å². The lowest BCUT2D eigenvalue weighted by atomic mass is 10.3. The Labute approximate surface area is 121 Å². The van der Waals surface area contributed by atoms with Gasteiger partial charge in [0.25, 0.3) is 10.0 Å². The largest absolute Gasteiger partial charge is 0.326 e. The van der Waals surface area contributed by atoms with Crippen LogP contribution >= 0.6 is 11.3 Å². The number of anilines is 1. The third kappa shape index (κ3) is 2.56. The highest BCUT2D eigenvalue weighted by molar-refractivity contribution is 7.93. The maximum atomic E-state index is 12.9. The molecule has 0 radical (unpaired) electrons. The Morgan fingerprint density at radius 3 is 2.45 bits per heavy atom. The first-order chi connectivity index (χ1) is 9.37. The zero-order valence-electron chi connectivity index (χ0n) is 11.1. The summed E-state index contributed by atoms with van der Waals surface area (Å²) in [5.41, 5.74) is 6.67. The Kier molecular flexibility index (Phi) is 4.12. The predicted octanol–water partition coefficient (Wildman–Crippen LogP) is 2.48. The monoisotopic (exact) mass is 314 g/mol. The smallest absolute Gasteiger partial charge is 0.265 e. The second-order valence-electron chi connectivity index (χ2n) is 4.32. The van der Waals surface area contributed by atoms with Gasteiger partial charge in [-0.3, -0.25) is 4.31 Å². The van der Waals surface area contributed by atoms with Gasteiger partial charge in [0.2, 0.25) is 0 Å². The summed E-state index contributed by atoms with van der Waals surface area (Å²) in [6, 6.07) is 5.31. The summed E-state index contributed by atoms with van der Waals surface area (Å²) in [7, 11) is -2.25. The zero-order chi connectivity index (χ0) is 14.9. The number of nitrogens with two attached hydrogens (primary N) is 1. The number of thiophene rings is 1. The summed E-state index contributed by atoms with van der Waals surface area (Å²) >= 11 is 1.33. The van der Waals surface area contributed by atoms with E-state index in [0.717, 1.165) is 4.31 Å². The summed E-state index contributed by atoms with van der Waals surface area (Å²) in [6.07, 6.45) is 0. The molecule has 2 N–H and O–H groups in total. The summed E-state index contributed by atoms with van der Waals surface area (Å²) in [5.74, 6) is -0.408. The van der Waals surface area contributed by atoms with Gasteiger partial charge in [-0.25, -0.2) is 12.8 Å². The minimum absolute atomic E-state index is 0.171. The van der Waals surface area contributed by atoms with Crippen LogP contribution in [0.5, 0.6) is 0 Å². The van der Waals surface area contributed by atoms with E-state index in [1.165, 1.54) is 42.6 Å². The Balaban J connectivity index is 2.49. The summed E-state index contributed by atoms with van der Waals surface area (Å²) < 4.78 is 39.4. The first kappa shape index (κ1) is 15.0. The normalized spacial score (nSPS) is 11.6. The van der Waals surface area contributed by atoms with Crippen LogP contribution in [0.3, 0.4) is 0 Å². The number of rotatable bonds is 4. The third-order valence-corrected chi connectivity index (χ3v) is 6.26. The molecule has 0 unspecified atom stereocenters. The van der Waals surface area contributed by atoms with Crippen LogP contribution < -0.4 is 10.0 Å². The topological polar surface area (TPSA) is 63.4 Å². The third-order valence-electron chi connectivity index (χ3n) is 2.98. The van der Waals surface area contributed by atoms with Gasteiger partial charge in [0.05, 0.1) is 5.69 Å². The van der Waals surface area contributed by atoms with Gasteiger partial charge in [-0.1, -0.05) is 0 Å². The molecular formula is C13H15FN2O2S2. The van der Waals surface area contributed by atoms with E-state index in [0.29, 0.717) is 16.1 Å². The number of nitrogens with zero attached hydrogens (tertiary/aromatic N) is 1. The summed E-state index contributed by atoms with van der Waals surface area (Å²) in [6.45, 7) is 1.91. The molecule has 0 saturated carbocycles. The van der Waals surface area contributed by atoms with E-state index in [9.17, 15) is 12.8 Å². The van der Waals surface area contributed by atoms with Crippen molar-refractivity contribution in [2.45, 2.75) is 18.4 Å². The van der Waals surface area contributed by atoms with E-state index < -0.39 is 15.8 Å². The fourth-order valence-corrected chi connectivity index (χ4v) is 4.75. The molecule has 0 aliphatic carbocycles. The highest BCUT2D eigenvalue weighted by Crippen LogP contribution is 2.31. The molecule has 20 heavy (non-hydrogen) atoms. The van der Waals surface area contributed by atoms with Gasteiger partial charge in [0, 0.05) is 18.5 Å². The molecule has 7 heteroatoms. The fourth-order valence-electron chi connectivity index (χ4n) is 1.90. The van der Waals surface area contributed by atoms with E-state index in [2.05, 4.69) is 0 Å². The maximum Gasteiger partial charge on any atom is 0.265 e. The SMILES string of the molecule is Cc1csc(CN)c1S(=O)(=O)N(C)c1ccc(F)cc1. The lowest BCUT2D eigenvalue weighted by Gasteiger charge is -2.20. The van der Waals surface area contributed by atoms with Crippen LogP contribution in [0.15, 0.2) is 34.5 Å². The van der Waals surface area contributed by atoms with Crippen molar-refractivity contribution < 1.29 is 12.8 Å². The molecule has 0 amide bonds. The molecule has 2 rings (SSSR count). The molecule has 0 spiro atoms. The summed E-state index contributed by atoms with van der Waals surface area (Å²) in [4.78, 5) is 0.869. The summed E-state index contributed by atoms with van der Waals surface area (Å²) in [5, 5.41) is 1.77. The number of hydrogen-bond acceptors (Lipinski definition) is 4. The van der Waals surface area contributed by atoms with Crippen molar-refractivity contribution in [3.63, 3.8) is 0 Å². The Morgan fingerprint density at radius 1 is 1.30 bits per heavy atom. The van der Waals surface area contributed by atoms with Crippen molar-refractivity contribution in [2.24, 2.45) is 5.73 Å². The molecule has 0 bridgehead atoms. The fraction of sp³-hybridized carbons (Fsp3) is 0.231. The lowest BCUT2D eigenvalue weighted by molar-refractivity contribution is 0.593. The standard InChI is InChI=1S/C13H15FN2O2S2/c1-9-8-19-12(7-15)13(9)20(17,18)16(2)11-5-3-10(14)4-6-11/h3-6,8H,7,15H2,1-2H3. The van der Waals surface area contributed by atoms with Crippen LogP contribution in [0.4, 0.5) is 10.1 Å². The van der Waals surface area contributed by atoms with Crippen LogP contribution in [0.25, 0.3) is 0 Å². The zero-order valence-corrected chi connectivity index (χ0v) is 12.8. The Bertz CT molecular complexity index is 708. The lowest BCUT2D eigenvalue weighted by Crippen LogP contribution is -2.27. The predicted molar refractivity (Wildman–Crippen MR) is 78.9 cm³/mol. The van der Waals surface area contributed by atoms with Gasteiger partial charge >= 0.3 is 0 Å². The van der Waals surface area contributed by atoms with Gasteiger partial charge < -0.3 is 5.73 Å². The number of aryl methyl sites for hydroxylation is 1. The van der Waals surface area contributed by atoms with Crippen molar-refractivity contribution in [2.75, 3.05) is 11.4 Å². The van der Waals surface area contributed by atoms with Crippen molar-refractivity contribution in [1.82, 2.24) is 0 Å². The molecule has 2 aromatic rings. The molecule has 1 aromatic heterocycles. The molecule has 0 atom stereocenters. The number of benzene rings is 1. The van der Waals surface area contributed by atoms with Crippen LogP contribution in [0.1, 0.15) is 10.4 Å². The van der Waals surface area contributed by atoms with Gasteiger partial charge in [-0.15, -0.1) is 11.3 Å². The molecule has 1 aromatic carbocycles. The van der Waals surface area contributed by atoms with Crippen molar-refractivity contribution in [3.05, 3.63) is 45.9 Å². The Morgan fingerprint density at radius 2 is 1.90 bits per heavy atom. The molecule has 4 nitrogen and oxygen atoms in total. The van der Waals surface area contributed by atoms with E-state index in [1.54, 1.807) is 12.3 Å². The van der Waals surface area contributed by atoms with E-state index in [4.69, 9.17) is 5.73 Å². The van der Waals surface area contributed by atoms with Crippen molar-refractivity contribution >= 4 is 27.0 Å². The minimum Gasteiger partial charge on any atom is -0.326 e. The molecule has 0 saturated heterocycles. The van der Waals surface area contributed by atoms with E-state index in [1.807, 2.05) is 0 Å². The van der Waals surface area contributed by atoms with Crippen molar-refractivity contribution in [1.29, 1.82) is 0 Å². The first-order valence-electron chi connectivity index (χ1n) is 5.89. The second kappa shape index (κ2) is 5.51. The van der Waals surface area contributed by atoms with Gasteiger partial charge in [0.1, 0.15) is 10.7 Å². The first-order valence-corrected chi connectivity index (χ1v) is 8.21. The molecule has 0 aliphatic rings. The van der Waals surface area contributed by atoms with Gasteiger partial charge in [-0.05, 0) is 42.1 Å². The van der Waals surface area contributed by atoms with E-state index in [-0.39, 0.29) is 11.4 Å². The van der Waals surface area contributed by atoms with Crippen LogP contribution in [0, 0.1) is 12.7 Å². The average molecular weight is 314 g/mol. The van der Waals surface area contributed by atoms with Gasteiger partial charge in [0.15, 0.2) is 0 Å². The highest BCUT2D eigenvalue weighted by atomic mass is 32.2. The molecule has 0 fully saturated rings. The highest BCUT2D eigenvalue weighted by Gasteiger charge is 2.27. The Hall–Kier alpha value is -1.44. The maximum absolute atomic E-state index is 12.9. The van der Waals surface area contributed by atoms with Gasteiger partial charge in [-0.2, -0.15) is 0 Å². The average Bonchev–Trinajstić information content (AvgIpc) is 2.80. The second-order valence-corrected chi connectivity index (χ2v) is 7.19. The number of hydrogen-bond donors (Lipinski definition) is 1. The minimum atomic E-state index is -3.69. The molecule has 108 valence electrons. The van der Waals surface area contributed by atoms with E-state index >= 15 is 0 Å². The quantitative estimate of drug-likeness (QED) is 0.943.